The molecule has 0 amide bonds. The Bertz CT molecular complexity index is 622. The smallest absolute Gasteiger partial charge is 0.336 e. The Balaban J connectivity index is 2.27. The van der Waals surface area contributed by atoms with Gasteiger partial charge in [0.25, 0.3) is 0 Å². The van der Waals surface area contributed by atoms with Gasteiger partial charge in [0.15, 0.2) is 0 Å². The quantitative estimate of drug-likeness (QED) is 0.864. The van der Waals surface area contributed by atoms with Crippen molar-refractivity contribution >= 4 is 27.8 Å². The number of aryl methyl sites for hydroxylation is 1. The van der Waals surface area contributed by atoms with Crippen LogP contribution in [0, 0.1) is 0 Å². The Morgan fingerprint density at radius 3 is 2.81 bits per heavy atom. The molecule has 2 rings (SSSR count). The lowest BCUT2D eigenvalue weighted by molar-refractivity contribution is 0.0695. The molecule has 0 aromatic heterocycles. The van der Waals surface area contributed by atoms with E-state index >= 15 is 0 Å². The van der Waals surface area contributed by atoms with Gasteiger partial charge >= 0.3 is 5.97 Å². The molecule has 21 heavy (non-hydrogen) atoms. The van der Waals surface area contributed by atoms with E-state index in [0.29, 0.717) is 12.0 Å². The maximum Gasteiger partial charge on any atom is 0.336 e. The van der Waals surface area contributed by atoms with Gasteiger partial charge in [0.1, 0.15) is 0 Å². The van der Waals surface area contributed by atoms with Crippen molar-refractivity contribution in [3.05, 3.63) is 29.3 Å². The van der Waals surface area contributed by atoms with Gasteiger partial charge in [0, 0.05) is 11.8 Å². The highest BCUT2D eigenvalue weighted by Gasteiger charge is 2.23. The van der Waals surface area contributed by atoms with Crippen LogP contribution < -0.4 is 4.72 Å². The van der Waals surface area contributed by atoms with Crippen LogP contribution in [0.1, 0.15) is 35.7 Å². The van der Waals surface area contributed by atoms with Gasteiger partial charge < -0.3 is 5.11 Å². The molecule has 1 atom stereocenters. The molecule has 1 saturated heterocycles. The summed E-state index contributed by atoms with van der Waals surface area (Å²) in [5, 5.41) is 9.19. The molecule has 0 spiro atoms. The maximum atomic E-state index is 12.4. The first-order valence-corrected chi connectivity index (χ1v) is 9.54. The van der Waals surface area contributed by atoms with E-state index in [1.165, 1.54) is 12.1 Å². The lowest BCUT2D eigenvalue weighted by atomic mass is 10.1. The highest BCUT2D eigenvalue weighted by Crippen LogP contribution is 2.21. The van der Waals surface area contributed by atoms with Crippen molar-refractivity contribution in [3.8, 4) is 0 Å². The molecule has 0 radical (unpaired) electrons. The summed E-state index contributed by atoms with van der Waals surface area (Å²) in [4.78, 5) is 11.3. The minimum atomic E-state index is -3.67. The van der Waals surface area contributed by atoms with Crippen molar-refractivity contribution in [1.29, 1.82) is 0 Å². The molecule has 116 valence electrons. The molecule has 1 aliphatic rings. The Hall–Kier alpha value is -1.05. The van der Waals surface area contributed by atoms with E-state index in [1.54, 1.807) is 17.8 Å². The second kappa shape index (κ2) is 6.81. The fraction of sp³-hybridized carbons (Fsp3) is 0.500. The Kier molecular flexibility index (Phi) is 5.29. The van der Waals surface area contributed by atoms with Crippen molar-refractivity contribution in [1.82, 2.24) is 4.72 Å². The molecule has 1 unspecified atom stereocenters. The van der Waals surface area contributed by atoms with Crippen LogP contribution in [0.2, 0.25) is 0 Å². The van der Waals surface area contributed by atoms with Crippen LogP contribution in [0.3, 0.4) is 0 Å². The third-order valence-corrected chi connectivity index (χ3v) is 6.22. The van der Waals surface area contributed by atoms with Crippen LogP contribution in [0.25, 0.3) is 0 Å². The third kappa shape index (κ3) is 3.99. The summed E-state index contributed by atoms with van der Waals surface area (Å²) in [7, 11) is -3.67. The first kappa shape index (κ1) is 16.3. The summed E-state index contributed by atoms with van der Waals surface area (Å²) in [6.45, 7) is 1.84. The summed E-state index contributed by atoms with van der Waals surface area (Å²) in [6.07, 6.45) is 2.37. The summed E-state index contributed by atoms with van der Waals surface area (Å²) in [5.74, 6) is 0.724. The van der Waals surface area contributed by atoms with E-state index in [4.69, 9.17) is 0 Å². The van der Waals surface area contributed by atoms with Gasteiger partial charge in [-0.2, -0.15) is 11.8 Å². The minimum Gasteiger partial charge on any atom is -0.478 e. The SMILES string of the molecule is CCc1ccc(S(=O)(=O)NC2CCCSC2)cc1C(=O)O. The molecule has 1 fully saturated rings. The molecule has 1 aromatic carbocycles. The second-order valence-electron chi connectivity index (χ2n) is 5.01. The number of hydrogen-bond donors (Lipinski definition) is 2. The summed E-state index contributed by atoms with van der Waals surface area (Å²) < 4.78 is 27.4. The van der Waals surface area contributed by atoms with Gasteiger partial charge in [-0.1, -0.05) is 13.0 Å². The summed E-state index contributed by atoms with van der Waals surface area (Å²) in [6, 6.07) is 4.23. The minimum absolute atomic E-state index is 0.0210. The van der Waals surface area contributed by atoms with Gasteiger partial charge in [0.05, 0.1) is 10.5 Å². The zero-order valence-electron chi connectivity index (χ0n) is 11.8. The fourth-order valence-electron chi connectivity index (χ4n) is 2.35. The number of rotatable bonds is 5. The lowest BCUT2D eigenvalue weighted by Gasteiger charge is -2.22. The zero-order valence-corrected chi connectivity index (χ0v) is 13.5. The van der Waals surface area contributed by atoms with Crippen molar-refractivity contribution in [2.45, 2.75) is 37.1 Å². The molecule has 7 heteroatoms. The van der Waals surface area contributed by atoms with Gasteiger partial charge in [-0.15, -0.1) is 0 Å². The monoisotopic (exact) mass is 329 g/mol. The number of sulfonamides is 1. The molecular weight excluding hydrogens is 310 g/mol. The molecule has 0 aliphatic carbocycles. The van der Waals surface area contributed by atoms with Crippen LogP contribution in [-0.2, 0) is 16.4 Å². The summed E-state index contributed by atoms with van der Waals surface area (Å²) >= 11 is 1.73. The van der Waals surface area contributed by atoms with E-state index in [1.807, 2.05) is 6.92 Å². The zero-order chi connectivity index (χ0) is 15.5. The number of thioether (sulfide) groups is 1. The number of aromatic carboxylic acids is 1. The number of benzene rings is 1. The Morgan fingerprint density at radius 2 is 2.24 bits per heavy atom. The molecular formula is C14H19NO4S2. The van der Waals surface area contributed by atoms with E-state index in [0.717, 1.165) is 24.3 Å². The molecule has 1 aliphatic heterocycles. The molecule has 1 heterocycles. The fourth-order valence-corrected chi connectivity index (χ4v) is 4.83. The largest absolute Gasteiger partial charge is 0.478 e. The number of carboxylic acids is 1. The normalized spacial score (nSPS) is 19.4. The van der Waals surface area contributed by atoms with Gasteiger partial charge in [-0.05, 0) is 42.7 Å². The second-order valence-corrected chi connectivity index (χ2v) is 7.88. The van der Waals surface area contributed by atoms with Gasteiger partial charge in [-0.3, -0.25) is 0 Å². The average Bonchev–Trinajstić information content (AvgIpc) is 2.47. The molecule has 0 saturated carbocycles. The number of hydrogen-bond acceptors (Lipinski definition) is 4. The number of carbonyl (C=O) groups is 1. The van der Waals surface area contributed by atoms with Gasteiger partial charge in [0.2, 0.25) is 10.0 Å². The van der Waals surface area contributed by atoms with Crippen LogP contribution in [0.5, 0.6) is 0 Å². The summed E-state index contributed by atoms with van der Waals surface area (Å²) in [5.41, 5.74) is 0.688. The van der Waals surface area contributed by atoms with Crippen LogP contribution in [0.15, 0.2) is 23.1 Å². The molecule has 5 nitrogen and oxygen atoms in total. The lowest BCUT2D eigenvalue weighted by Crippen LogP contribution is -2.38. The standard InChI is InChI=1S/C14H19NO4S2/c1-2-10-5-6-12(8-13(10)14(16)17)21(18,19)15-11-4-3-7-20-9-11/h5-6,8,11,15H,2-4,7,9H2,1H3,(H,16,17). The highest BCUT2D eigenvalue weighted by molar-refractivity contribution is 7.99. The van der Waals surface area contributed by atoms with Crippen molar-refractivity contribution in [3.63, 3.8) is 0 Å². The third-order valence-electron chi connectivity index (χ3n) is 3.49. The highest BCUT2D eigenvalue weighted by atomic mass is 32.2. The van der Waals surface area contributed by atoms with E-state index in [9.17, 15) is 18.3 Å². The number of nitrogens with one attached hydrogen (secondary N) is 1. The Labute approximate surface area is 129 Å². The van der Waals surface area contributed by atoms with E-state index < -0.39 is 16.0 Å². The molecule has 2 N–H and O–H groups in total. The number of carboxylic acid groups (broad SMARTS) is 1. The van der Waals surface area contributed by atoms with Crippen molar-refractivity contribution in [2.24, 2.45) is 0 Å². The van der Waals surface area contributed by atoms with Crippen LogP contribution in [-0.4, -0.2) is 37.0 Å². The van der Waals surface area contributed by atoms with Gasteiger partial charge in [-0.25, -0.2) is 17.9 Å². The van der Waals surface area contributed by atoms with Crippen LogP contribution >= 0.6 is 11.8 Å². The predicted octanol–water partition coefficient (Wildman–Crippen LogP) is 2.12. The first-order chi connectivity index (χ1) is 9.94. The van der Waals surface area contributed by atoms with Crippen LogP contribution in [0.4, 0.5) is 0 Å². The van der Waals surface area contributed by atoms with Crippen molar-refractivity contribution in [2.75, 3.05) is 11.5 Å². The topological polar surface area (TPSA) is 83.5 Å². The Morgan fingerprint density at radius 1 is 1.48 bits per heavy atom. The average molecular weight is 329 g/mol. The molecule has 1 aromatic rings. The van der Waals surface area contributed by atoms with E-state index in [-0.39, 0.29) is 16.5 Å². The van der Waals surface area contributed by atoms with Crippen molar-refractivity contribution < 1.29 is 18.3 Å². The molecule has 0 bridgehead atoms. The predicted molar refractivity (Wildman–Crippen MR) is 83.4 cm³/mol. The van der Waals surface area contributed by atoms with E-state index in [2.05, 4.69) is 4.72 Å². The maximum absolute atomic E-state index is 12.4. The first-order valence-electron chi connectivity index (χ1n) is 6.90.